The Morgan fingerprint density at radius 1 is 1.24 bits per heavy atom. The highest BCUT2D eigenvalue weighted by molar-refractivity contribution is 5.81. The van der Waals surface area contributed by atoms with E-state index in [1.54, 1.807) is 6.33 Å². The van der Waals surface area contributed by atoms with Gasteiger partial charge < -0.3 is 4.57 Å². The molecule has 148 valence electrons. The summed E-state index contributed by atoms with van der Waals surface area (Å²) >= 11 is 0. The van der Waals surface area contributed by atoms with Gasteiger partial charge in [0.25, 0.3) is 0 Å². The van der Waals surface area contributed by atoms with Gasteiger partial charge in [-0.1, -0.05) is 36.4 Å². The van der Waals surface area contributed by atoms with Gasteiger partial charge in [0.1, 0.15) is 0 Å². The van der Waals surface area contributed by atoms with Crippen molar-refractivity contribution in [2.45, 2.75) is 33.4 Å². The number of nitrogens with zero attached hydrogens (tertiary/aromatic N) is 5. The number of allylic oxidation sites excluding steroid dienone is 1. The van der Waals surface area contributed by atoms with Gasteiger partial charge in [-0.3, -0.25) is 9.67 Å². The van der Waals surface area contributed by atoms with E-state index < -0.39 is 0 Å². The maximum atomic E-state index is 11.6. The standard InChI is InChI=1S/C21H23N7O/c1-5-11-28-14(3)17(13(2)26-28)19-18(16-9-7-6-8-10-16)22-12-27(19)15(4)20-23-21(29)25-24-20/h5-10,12,15H,1,11H2,2-4H3,(H2,23,24,25,29). The van der Waals surface area contributed by atoms with Crippen LogP contribution in [0.5, 0.6) is 0 Å². The van der Waals surface area contributed by atoms with Crippen LogP contribution < -0.4 is 5.69 Å². The monoisotopic (exact) mass is 389 g/mol. The van der Waals surface area contributed by atoms with Gasteiger partial charge in [-0.15, -0.1) is 6.58 Å². The molecule has 0 aliphatic heterocycles. The molecule has 0 spiro atoms. The number of rotatable bonds is 6. The molecule has 0 bridgehead atoms. The molecule has 3 aromatic heterocycles. The lowest BCUT2D eigenvalue weighted by Crippen LogP contribution is -2.11. The predicted molar refractivity (Wildman–Crippen MR) is 112 cm³/mol. The Labute approximate surface area is 167 Å². The van der Waals surface area contributed by atoms with E-state index >= 15 is 0 Å². The zero-order valence-corrected chi connectivity index (χ0v) is 16.7. The molecule has 2 N–H and O–H groups in total. The molecule has 1 atom stereocenters. The number of aromatic amines is 2. The minimum atomic E-state index is -0.331. The fourth-order valence-corrected chi connectivity index (χ4v) is 3.66. The topological polar surface area (TPSA) is 97.2 Å². The first kappa shape index (κ1) is 18.7. The van der Waals surface area contributed by atoms with Crippen molar-refractivity contribution in [3.63, 3.8) is 0 Å². The molecule has 8 nitrogen and oxygen atoms in total. The minimum absolute atomic E-state index is 0.226. The number of imidazole rings is 1. The summed E-state index contributed by atoms with van der Waals surface area (Å²) in [5, 5.41) is 11.2. The first-order valence-electron chi connectivity index (χ1n) is 9.43. The van der Waals surface area contributed by atoms with Crippen LogP contribution in [0, 0.1) is 13.8 Å². The zero-order chi connectivity index (χ0) is 20.5. The van der Waals surface area contributed by atoms with Gasteiger partial charge in [0.15, 0.2) is 5.82 Å². The van der Waals surface area contributed by atoms with E-state index in [0.717, 1.165) is 33.9 Å². The van der Waals surface area contributed by atoms with Crippen LogP contribution in [0.4, 0.5) is 0 Å². The molecule has 0 radical (unpaired) electrons. The van der Waals surface area contributed by atoms with Gasteiger partial charge in [-0.25, -0.2) is 14.9 Å². The Morgan fingerprint density at radius 3 is 2.66 bits per heavy atom. The van der Waals surface area contributed by atoms with Crippen molar-refractivity contribution in [3.8, 4) is 22.5 Å². The normalized spacial score (nSPS) is 12.2. The predicted octanol–water partition coefficient (Wildman–Crippen LogP) is 3.24. The number of hydrogen-bond donors (Lipinski definition) is 2. The summed E-state index contributed by atoms with van der Waals surface area (Å²) in [6.45, 7) is 10.5. The molecule has 4 rings (SSSR count). The second-order valence-corrected chi connectivity index (χ2v) is 6.97. The lowest BCUT2D eigenvalue weighted by molar-refractivity contribution is 0.606. The lowest BCUT2D eigenvalue weighted by Gasteiger charge is -2.16. The second kappa shape index (κ2) is 7.38. The van der Waals surface area contributed by atoms with Crippen molar-refractivity contribution in [3.05, 3.63) is 77.0 Å². The number of nitrogens with one attached hydrogen (secondary N) is 2. The zero-order valence-electron chi connectivity index (χ0n) is 16.7. The van der Waals surface area contributed by atoms with Crippen molar-refractivity contribution in [1.29, 1.82) is 0 Å². The number of benzene rings is 1. The molecule has 3 heterocycles. The summed E-state index contributed by atoms with van der Waals surface area (Å²) in [5.74, 6) is 0.544. The molecule has 0 saturated heterocycles. The van der Waals surface area contributed by atoms with Crippen molar-refractivity contribution >= 4 is 0 Å². The quantitative estimate of drug-likeness (QED) is 0.495. The third kappa shape index (κ3) is 3.22. The summed E-state index contributed by atoms with van der Waals surface area (Å²) in [7, 11) is 0. The lowest BCUT2D eigenvalue weighted by atomic mass is 10.0. The molecule has 1 aromatic carbocycles. The largest absolute Gasteiger partial charge is 0.340 e. The first-order valence-corrected chi connectivity index (χ1v) is 9.43. The van der Waals surface area contributed by atoms with Gasteiger partial charge in [0, 0.05) is 16.8 Å². The van der Waals surface area contributed by atoms with Gasteiger partial charge in [0.05, 0.1) is 36.0 Å². The molecule has 0 saturated carbocycles. The maximum absolute atomic E-state index is 11.6. The van der Waals surface area contributed by atoms with E-state index in [-0.39, 0.29) is 11.7 Å². The van der Waals surface area contributed by atoms with Crippen molar-refractivity contribution in [2.24, 2.45) is 0 Å². The minimum Gasteiger partial charge on any atom is -0.319 e. The molecule has 4 aromatic rings. The molecular weight excluding hydrogens is 366 g/mol. The van der Waals surface area contributed by atoms with Crippen molar-refractivity contribution in [2.75, 3.05) is 0 Å². The van der Waals surface area contributed by atoms with Gasteiger partial charge in [-0.05, 0) is 20.8 Å². The van der Waals surface area contributed by atoms with Crippen molar-refractivity contribution < 1.29 is 0 Å². The Bertz CT molecular complexity index is 1210. The van der Waals surface area contributed by atoms with Crippen molar-refractivity contribution in [1.82, 2.24) is 34.5 Å². The van der Waals surface area contributed by atoms with Crippen LogP contribution in [0.1, 0.15) is 30.2 Å². The van der Waals surface area contributed by atoms with Crippen LogP contribution in [-0.2, 0) is 6.54 Å². The fraction of sp³-hybridized carbons (Fsp3) is 0.238. The van der Waals surface area contributed by atoms with Crippen LogP contribution in [-0.4, -0.2) is 34.5 Å². The van der Waals surface area contributed by atoms with E-state index in [4.69, 9.17) is 10.1 Å². The Kier molecular flexibility index (Phi) is 4.75. The molecule has 0 fully saturated rings. The van der Waals surface area contributed by atoms with Crippen LogP contribution in [0.15, 0.2) is 54.1 Å². The molecule has 0 aliphatic rings. The highest BCUT2D eigenvalue weighted by atomic mass is 16.1. The summed E-state index contributed by atoms with van der Waals surface area (Å²) in [4.78, 5) is 19.1. The average molecular weight is 389 g/mol. The van der Waals surface area contributed by atoms with Crippen LogP contribution in [0.2, 0.25) is 0 Å². The maximum Gasteiger partial charge on any atom is 0.340 e. The highest BCUT2D eigenvalue weighted by Crippen LogP contribution is 2.37. The third-order valence-corrected chi connectivity index (χ3v) is 5.09. The molecule has 0 amide bonds. The molecule has 1 unspecified atom stereocenters. The van der Waals surface area contributed by atoms with Crippen LogP contribution in [0.3, 0.4) is 0 Å². The van der Waals surface area contributed by atoms with E-state index in [1.165, 1.54) is 0 Å². The van der Waals surface area contributed by atoms with Gasteiger partial charge in [0.2, 0.25) is 0 Å². The average Bonchev–Trinajstić information content (AvgIpc) is 3.40. The van der Waals surface area contributed by atoms with Gasteiger partial charge in [-0.2, -0.15) is 10.2 Å². The number of hydrogen-bond acceptors (Lipinski definition) is 4. The summed E-state index contributed by atoms with van der Waals surface area (Å²) in [5.41, 5.74) is 5.45. The number of H-pyrrole nitrogens is 2. The van der Waals surface area contributed by atoms with E-state index in [2.05, 4.69) is 21.8 Å². The van der Waals surface area contributed by atoms with Crippen LogP contribution in [0.25, 0.3) is 22.5 Å². The van der Waals surface area contributed by atoms with Gasteiger partial charge >= 0.3 is 5.69 Å². The Morgan fingerprint density at radius 2 is 2.00 bits per heavy atom. The highest BCUT2D eigenvalue weighted by Gasteiger charge is 2.25. The Balaban J connectivity index is 1.96. The number of aromatic nitrogens is 7. The summed E-state index contributed by atoms with van der Waals surface area (Å²) in [6.07, 6.45) is 3.62. The molecular formula is C21H23N7O. The van der Waals surface area contributed by atoms with E-state index in [1.807, 2.05) is 66.4 Å². The van der Waals surface area contributed by atoms with E-state index in [9.17, 15) is 4.79 Å². The SMILES string of the molecule is C=CCn1nc(C)c(-c2c(-c3ccccc3)ncn2C(C)c2n[nH]c(=O)[nH]2)c1C. The number of aryl methyl sites for hydroxylation is 1. The molecule has 8 heteroatoms. The smallest absolute Gasteiger partial charge is 0.319 e. The Hall–Kier alpha value is -3.68. The van der Waals surface area contributed by atoms with E-state index in [0.29, 0.717) is 12.4 Å². The second-order valence-electron chi connectivity index (χ2n) is 6.97. The molecule has 0 aliphatic carbocycles. The summed E-state index contributed by atoms with van der Waals surface area (Å²) in [6, 6.07) is 9.82. The fourth-order valence-electron chi connectivity index (χ4n) is 3.66. The molecule has 29 heavy (non-hydrogen) atoms. The third-order valence-electron chi connectivity index (χ3n) is 5.09. The van der Waals surface area contributed by atoms with Crippen LogP contribution >= 0.6 is 0 Å². The first-order chi connectivity index (χ1) is 14.0. The summed E-state index contributed by atoms with van der Waals surface area (Å²) < 4.78 is 3.97.